The smallest absolute Gasteiger partial charge is 0.258 e. The van der Waals surface area contributed by atoms with Gasteiger partial charge in [0.05, 0.1) is 9.82 Å². The molecule has 0 aliphatic carbocycles. The molecule has 194 valence electrons. The van der Waals surface area contributed by atoms with Crippen molar-refractivity contribution in [3.63, 3.8) is 0 Å². The Morgan fingerprint density at radius 3 is 2.00 bits per heavy atom. The number of benzene rings is 2. The second-order valence-electron chi connectivity index (χ2n) is 9.76. The molecular formula is C28H37N3O4S. The zero-order chi connectivity index (χ0) is 27.0. The van der Waals surface area contributed by atoms with Crippen molar-refractivity contribution < 1.29 is 13.3 Å². The van der Waals surface area contributed by atoms with Crippen LogP contribution in [0.4, 0.5) is 5.69 Å². The van der Waals surface area contributed by atoms with Crippen molar-refractivity contribution in [2.75, 3.05) is 0 Å². The number of nitrogens with one attached hydrogen (secondary N) is 1. The Balaban J connectivity index is 2.62. The molecule has 1 N–H and O–H groups in total. The van der Waals surface area contributed by atoms with Crippen LogP contribution in [0.25, 0.3) is 0 Å². The fourth-order valence-corrected chi connectivity index (χ4v) is 5.18. The number of nitrogens with zero attached hydrogens (tertiary/aromatic N) is 2. The quantitative estimate of drug-likeness (QED) is 0.124. The number of rotatable bonds is 10. The monoisotopic (exact) mass is 511 g/mol. The van der Waals surface area contributed by atoms with E-state index in [0.717, 1.165) is 29.5 Å². The molecule has 8 heteroatoms. The molecule has 0 saturated heterocycles. The third-order valence-corrected chi connectivity index (χ3v) is 7.18. The van der Waals surface area contributed by atoms with E-state index in [1.807, 2.05) is 39.8 Å². The van der Waals surface area contributed by atoms with E-state index in [4.69, 9.17) is 0 Å². The highest BCUT2D eigenvalue weighted by molar-refractivity contribution is 7.89. The summed E-state index contributed by atoms with van der Waals surface area (Å²) in [5.41, 5.74) is 3.23. The molecule has 0 heterocycles. The van der Waals surface area contributed by atoms with Crippen molar-refractivity contribution in [1.29, 1.82) is 0 Å². The minimum atomic E-state index is -4.03. The number of hydrogen-bond acceptors (Lipinski definition) is 5. The first-order valence-corrected chi connectivity index (χ1v) is 13.9. The second kappa shape index (κ2) is 12.7. The molecule has 0 fully saturated rings. The molecule has 0 aromatic heterocycles. The highest BCUT2D eigenvalue weighted by Crippen LogP contribution is 2.35. The van der Waals surface area contributed by atoms with Crippen molar-refractivity contribution in [3.8, 4) is 11.8 Å². The summed E-state index contributed by atoms with van der Waals surface area (Å²) in [6.07, 6.45) is 2.53. The number of hydrazone groups is 1. The van der Waals surface area contributed by atoms with Gasteiger partial charge in [-0.05, 0) is 58.9 Å². The molecule has 0 spiro atoms. The van der Waals surface area contributed by atoms with E-state index in [9.17, 15) is 18.5 Å². The van der Waals surface area contributed by atoms with Gasteiger partial charge in [0.1, 0.15) is 5.71 Å². The first kappa shape index (κ1) is 29.1. The molecule has 0 atom stereocenters. The first-order chi connectivity index (χ1) is 16.9. The number of unbranched alkanes of at least 4 members (excludes halogenated alkanes) is 2. The van der Waals surface area contributed by atoms with Crippen LogP contribution in [0, 0.1) is 22.0 Å². The van der Waals surface area contributed by atoms with Crippen LogP contribution in [-0.2, 0) is 10.0 Å². The summed E-state index contributed by atoms with van der Waals surface area (Å²) in [5.74, 6) is 6.20. The van der Waals surface area contributed by atoms with Gasteiger partial charge in [-0.3, -0.25) is 10.1 Å². The summed E-state index contributed by atoms with van der Waals surface area (Å²) in [7, 11) is -4.03. The molecule has 36 heavy (non-hydrogen) atoms. The van der Waals surface area contributed by atoms with Gasteiger partial charge in [-0.1, -0.05) is 72.9 Å². The largest absolute Gasteiger partial charge is 0.277 e. The van der Waals surface area contributed by atoms with Gasteiger partial charge in [-0.2, -0.15) is 18.4 Å². The number of non-ortho nitro benzene ring substituents is 1. The Morgan fingerprint density at radius 1 is 1.00 bits per heavy atom. The van der Waals surface area contributed by atoms with E-state index in [1.165, 1.54) is 24.3 Å². The minimum Gasteiger partial charge on any atom is -0.258 e. The Kier molecular flexibility index (Phi) is 10.2. The number of sulfonamides is 1. The minimum absolute atomic E-state index is 0.0141. The van der Waals surface area contributed by atoms with Gasteiger partial charge in [0.25, 0.3) is 15.7 Å². The molecular weight excluding hydrogens is 474 g/mol. The predicted octanol–water partition coefficient (Wildman–Crippen LogP) is 6.84. The lowest BCUT2D eigenvalue weighted by molar-refractivity contribution is -0.384. The van der Waals surface area contributed by atoms with Gasteiger partial charge in [0.15, 0.2) is 0 Å². The molecule has 2 aromatic carbocycles. The molecule has 0 unspecified atom stereocenters. The topological polar surface area (TPSA) is 102 Å². The molecule has 0 bridgehead atoms. The lowest BCUT2D eigenvalue weighted by Gasteiger charge is -2.22. The van der Waals surface area contributed by atoms with Crippen LogP contribution in [0.3, 0.4) is 0 Å². The summed E-state index contributed by atoms with van der Waals surface area (Å²) in [6, 6.07) is 9.70. The average molecular weight is 512 g/mol. The van der Waals surface area contributed by atoms with Gasteiger partial charge in [-0.25, -0.2) is 0 Å². The van der Waals surface area contributed by atoms with Crippen molar-refractivity contribution in [2.24, 2.45) is 5.10 Å². The van der Waals surface area contributed by atoms with Crippen LogP contribution in [0.2, 0.25) is 0 Å². The lowest BCUT2D eigenvalue weighted by atomic mass is 9.89. The van der Waals surface area contributed by atoms with Gasteiger partial charge >= 0.3 is 0 Å². The lowest BCUT2D eigenvalue weighted by Crippen LogP contribution is -2.24. The summed E-state index contributed by atoms with van der Waals surface area (Å²) in [5, 5.41) is 15.2. The predicted molar refractivity (Wildman–Crippen MR) is 146 cm³/mol. The summed E-state index contributed by atoms with van der Waals surface area (Å²) >= 11 is 0. The third kappa shape index (κ3) is 7.41. The maximum absolute atomic E-state index is 13.7. The first-order valence-electron chi connectivity index (χ1n) is 12.4. The molecule has 0 aliphatic heterocycles. The Morgan fingerprint density at radius 2 is 1.56 bits per heavy atom. The zero-order valence-corrected chi connectivity index (χ0v) is 23.1. The van der Waals surface area contributed by atoms with Crippen molar-refractivity contribution in [3.05, 3.63) is 68.8 Å². The van der Waals surface area contributed by atoms with Crippen LogP contribution in [0.1, 0.15) is 108 Å². The molecule has 2 rings (SSSR count). The van der Waals surface area contributed by atoms with E-state index in [-0.39, 0.29) is 34.0 Å². The van der Waals surface area contributed by atoms with Crippen molar-refractivity contribution in [1.82, 2.24) is 4.83 Å². The van der Waals surface area contributed by atoms with Crippen LogP contribution in [0.5, 0.6) is 0 Å². The Bertz CT molecular complexity index is 1240. The van der Waals surface area contributed by atoms with Crippen LogP contribution in [-0.4, -0.2) is 19.1 Å². The average Bonchev–Trinajstić information content (AvgIpc) is 2.82. The highest BCUT2D eigenvalue weighted by Gasteiger charge is 2.27. The van der Waals surface area contributed by atoms with Gasteiger partial charge in [0.2, 0.25) is 0 Å². The van der Waals surface area contributed by atoms with E-state index in [1.54, 1.807) is 0 Å². The molecule has 0 radical (unpaired) electrons. The van der Waals surface area contributed by atoms with Gasteiger partial charge in [0, 0.05) is 24.1 Å². The normalized spacial score (nSPS) is 12.1. The van der Waals surface area contributed by atoms with Gasteiger partial charge < -0.3 is 0 Å². The number of nitro benzene ring substituents is 1. The van der Waals surface area contributed by atoms with Crippen LogP contribution < -0.4 is 4.83 Å². The molecule has 0 aliphatic rings. The molecule has 7 nitrogen and oxygen atoms in total. The van der Waals surface area contributed by atoms with E-state index in [2.05, 4.69) is 42.5 Å². The summed E-state index contributed by atoms with van der Waals surface area (Å²) in [4.78, 5) is 13.2. The van der Waals surface area contributed by atoms with Crippen LogP contribution in [0.15, 0.2) is 46.4 Å². The number of nitro groups is 1. The highest BCUT2D eigenvalue weighted by atomic mass is 32.2. The van der Waals surface area contributed by atoms with E-state index < -0.39 is 14.9 Å². The van der Waals surface area contributed by atoms with E-state index in [0.29, 0.717) is 12.0 Å². The summed E-state index contributed by atoms with van der Waals surface area (Å²) in [6.45, 7) is 14.2. The maximum Gasteiger partial charge on any atom is 0.277 e. The Labute approximate surface area is 215 Å². The second-order valence-corrected chi connectivity index (χ2v) is 11.4. The maximum atomic E-state index is 13.7. The SMILES string of the molecule is CCCCC#C/C(=N\NS(=O)(=O)c1c(C(C)C)cc(C(C)C)cc1C(C)C)c1ccc([N+](=O)[O-])cc1. The van der Waals surface area contributed by atoms with E-state index >= 15 is 0 Å². The van der Waals surface area contributed by atoms with Gasteiger partial charge in [-0.15, -0.1) is 0 Å². The van der Waals surface area contributed by atoms with Crippen molar-refractivity contribution >= 4 is 21.4 Å². The fourth-order valence-electron chi connectivity index (χ4n) is 3.67. The molecule has 0 saturated carbocycles. The molecule has 2 aromatic rings. The van der Waals surface area contributed by atoms with Crippen LogP contribution >= 0.6 is 0 Å². The van der Waals surface area contributed by atoms with Crippen molar-refractivity contribution in [2.45, 2.75) is 90.4 Å². The summed E-state index contributed by atoms with van der Waals surface area (Å²) < 4.78 is 27.3. The third-order valence-electron chi connectivity index (χ3n) is 5.84. The Hall–Kier alpha value is -3.18. The fraction of sp³-hybridized carbons (Fsp3) is 0.464. The zero-order valence-electron chi connectivity index (χ0n) is 22.3. The number of hydrogen-bond donors (Lipinski definition) is 1. The molecule has 0 amide bonds. The standard InChI is InChI=1S/C28H37N3O4S/c1-8-9-10-11-12-27(22-13-15-24(16-14-22)31(32)33)29-30-36(34,35)28-25(20(4)5)17-23(19(2)3)18-26(28)21(6)7/h13-21,30H,8-10H2,1-7H3/b29-27+.